The first-order chi connectivity index (χ1) is 11.0. The monoisotopic (exact) mass is 348 g/mol. The molecule has 2 aromatic heterocycles. The second kappa shape index (κ2) is 6.19. The first-order valence-corrected chi connectivity index (χ1v) is 7.51. The lowest BCUT2D eigenvalue weighted by Crippen LogP contribution is -1.97. The average molecular weight is 349 g/mol. The van der Waals surface area contributed by atoms with Gasteiger partial charge >= 0.3 is 0 Å². The van der Waals surface area contributed by atoms with Gasteiger partial charge in [-0.05, 0) is 28.8 Å². The Balaban J connectivity index is 1.91. The Morgan fingerprint density at radius 2 is 2.22 bits per heavy atom. The maximum atomic E-state index is 11.4. The number of aromatic nitrogens is 2. The van der Waals surface area contributed by atoms with Crippen LogP contribution in [0.2, 0.25) is 0 Å². The zero-order valence-electron chi connectivity index (χ0n) is 11.3. The third-order valence-corrected chi connectivity index (χ3v) is 3.98. The standard InChI is InChI=1S/C14H8ClN3O4S/c15-9(6-8-3-4-11(19)10(7-8)18(20)21)14-16-13(17-22-14)12-2-1-5-23-12/h1-7,19H/p-1/b9-6-. The normalized spacial score (nSPS) is 11.6. The molecule has 0 fully saturated rings. The molecule has 0 radical (unpaired) electrons. The fraction of sp³-hybridized carbons (Fsp3) is 0. The predicted octanol–water partition coefficient (Wildman–Crippen LogP) is 3.52. The molecule has 2 heterocycles. The summed E-state index contributed by atoms with van der Waals surface area (Å²) in [6, 6.07) is 7.37. The van der Waals surface area contributed by atoms with E-state index in [2.05, 4.69) is 10.1 Å². The van der Waals surface area contributed by atoms with E-state index in [0.29, 0.717) is 11.4 Å². The van der Waals surface area contributed by atoms with Gasteiger partial charge in [0.1, 0.15) is 5.03 Å². The van der Waals surface area contributed by atoms with Crippen LogP contribution in [0.3, 0.4) is 0 Å². The van der Waals surface area contributed by atoms with Gasteiger partial charge in [-0.15, -0.1) is 11.3 Å². The molecule has 9 heteroatoms. The lowest BCUT2D eigenvalue weighted by molar-refractivity contribution is -0.398. The molecule has 0 aliphatic rings. The average Bonchev–Trinajstić information content (AvgIpc) is 3.19. The van der Waals surface area contributed by atoms with Crippen LogP contribution in [0.15, 0.2) is 40.2 Å². The van der Waals surface area contributed by atoms with Crippen LogP contribution in [-0.4, -0.2) is 15.1 Å². The highest BCUT2D eigenvalue weighted by atomic mass is 35.5. The number of hydrogen-bond donors (Lipinski definition) is 0. The van der Waals surface area contributed by atoms with Crippen molar-refractivity contribution in [3.05, 3.63) is 57.3 Å². The summed E-state index contributed by atoms with van der Waals surface area (Å²) in [6.07, 6.45) is 1.42. The van der Waals surface area contributed by atoms with Crippen LogP contribution in [0.1, 0.15) is 11.5 Å². The molecule has 0 saturated heterocycles. The van der Waals surface area contributed by atoms with Crippen molar-refractivity contribution >= 4 is 39.7 Å². The molecule has 0 bridgehead atoms. The molecule has 0 unspecified atom stereocenters. The molecular weight excluding hydrogens is 342 g/mol. The molecule has 23 heavy (non-hydrogen) atoms. The van der Waals surface area contributed by atoms with E-state index in [4.69, 9.17) is 16.1 Å². The number of hydrogen-bond acceptors (Lipinski definition) is 7. The zero-order chi connectivity index (χ0) is 16.4. The lowest BCUT2D eigenvalue weighted by Gasteiger charge is -2.06. The number of rotatable bonds is 4. The van der Waals surface area contributed by atoms with Gasteiger partial charge in [-0.25, -0.2) is 0 Å². The van der Waals surface area contributed by atoms with E-state index in [1.807, 2.05) is 17.5 Å². The van der Waals surface area contributed by atoms with E-state index in [9.17, 15) is 15.2 Å². The van der Waals surface area contributed by atoms with Crippen LogP contribution in [0.4, 0.5) is 5.69 Å². The predicted molar refractivity (Wildman–Crippen MR) is 83.9 cm³/mol. The first-order valence-electron chi connectivity index (χ1n) is 6.25. The SMILES string of the molecule is O=[N+]([O-])c1cc(/C=C(\Cl)c2nc(-c3cccs3)no2)ccc1[O-]. The fourth-order valence-electron chi connectivity index (χ4n) is 1.80. The molecule has 0 saturated carbocycles. The van der Waals surface area contributed by atoms with E-state index in [-0.39, 0.29) is 10.9 Å². The smallest absolute Gasteiger partial charge is 0.269 e. The number of nitro groups is 1. The molecule has 0 N–H and O–H groups in total. The van der Waals surface area contributed by atoms with Gasteiger partial charge < -0.3 is 9.63 Å². The van der Waals surface area contributed by atoms with Gasteiger partial charge in [-0.1, -0.05) is 35.0 Å². The van der Waals surface area contributed by atoms with Crippen molar-refractivity contribution in [1.82, 2.24) is 10.1 Å². The third-order valence-electron chi connectivity index (χ3n) is 2.84. The lowest BCUT2D eigenvalue weighted by atomic mass is 10.1. The van der Waals surface area contributed by atoms with Crippen molar-refractivity contribution in [2.24, 2.45) is 0 Å². The highest BCUT2D eigenvalue weighted by Crippen LogP contribution is 2.29. The molecule has 0 spiro atoms. The highest BCUT2D eigenvalue weighted by Gasteiger charge is 2.13. The zero-order valence-corrected chi connectivity index (χ0v) is 12.9. The van der Waals surface area contributed by atoms with E-state index >= 15 is 0 Å². The van der Waals surface area contributed by atoms with Crippen molar-refractivity contribution in [3.63, 3.8) is 0 Å². The van der Waals surface area contributed by atoms with Crippen molar-refractivity contribution in [2.45, 2.75) is 0 Å². The van der Waals surface area contributed by atoms with Gasteiger partial charge in [0.25, 0.3) is 11.6 Å². The maximum Gasteiger partial charge on any atom is 0.269 e. The molecule has 7 nitrogen and oxygen atoms in total. The minimum absolute atomic E-state index is 0.0870. The molecule has 3 rings (SSSR count). The number of nitrogens with zero attached hydrogens (tertiary/aromatic N) is 3. The number of nitro benzene ring substituents is 1. The van der Waals surface area contributed by atoms with Crippen LogP contribution >= 0.6 is 22.9 Å². The summed E-state index contributed by atoms with van der Waals surface area (Å²) in [5.74, 6) is -0.174. The first kappa shape index (κ1) is 15.2. The van der Waals surface area contributed by atoms with Gasteiger partial charge in [-0.3, -0.25) is 10.1 Å². The maximum absolute atomic E-state index is 11.4. The second-order valence-corrected chi connectivity index (χ2v) is 5.73. The molecule has 116 valence electrons. The van der Waals surface area contributed by atoms with Crippen LogP contribution < -0.4 is 5.11 Å². The summed E-state index contributed by atoms with van der Waals surface area (Å²) < 4.78 is 5.07. The molecule has 0 aliphatic heterocycles. The quantitative estimate of drug-likeness (QED) is 0.527. The largest absolute Gasteiger partial charge is 0.868 e. The Bertz CT molecular complexity index is 889. The molecule has 0 atom stereocenters. The molecule has 0 aliphatic carbocycles. The Kier molecular flexibility index (Phi) is 4.09. The van der Waals surface area contributed by atoms with Crippen molar-refractivity contribution < 1.29 is 14.6 Å². The summed E-state index contributed by atoms with van der Waals surface area (Å²) >= 11 is 7.56. The van der Waals surface area contributed by atoms with E-state index in [0.717, 1.165) is 17.0 Å². The number of halogens is 1. The van der Waals surface area contributed by atoms with Crippen LogP contribution in [0.25, 0.3) is 21.8 Å². The van der Waals surface area contributed by atoms with Crippen molar-refractivity contribution in [3.8, 4) is 16.5 Å². The Hall–Kier alpha value is -2.71. The summed E-state index contributed by atoms with van der Waals surface area (Å²) in [4.78, 5) is 15.0. The Morgan fingerprint density at radius 1 is 1.39 bits per heavy atom. The van der Waals surface area contributed by atoms with Gasteiger partial charge in [0.05, 0.1) is 9.80 Å². The minimum Gasteiger partial charge on any atom is -0.868 e. The number of benzene rings is 1. The van der Waals surface area contributed by atoms with Crippen LogP contribution in [0, 0.1) is 10.1 Å². The minimum atomic E-state index is -0.741. The molecule has 3 aromatic rings. The topological polar surface area (TPSA) is 105 Å². The molecule has 1 aromatic carbocycles. The van der Waals surface area contributed by atoms with E-state index in [1.54, 1.807) is 0 Å². The highest BCUT2D eigenvalue weighted by molar-refractivity contribution is 7.13. The van der Waals surface area contributed by atoms with Gasteiger partial charge in [0.2, 0.25) is 5.82 Å². The molecular formula is C14H7ClN3O4S-. The van der Waals surface area contributed by atoms with E-state index in [1.165, 1.54) is 23.5 Å². The van der Waals surface area contributed by atoms with Crippen LogP contribution in [0.5, 0.6) is 5.75 Å². The Labute approximate surface area is 138 Å². The fourth-order valence-corrected chi connectivity index (χ4v) is 2.65. The second-order valence-electron chi connectivity index (χ2n) is 4.38. The van der Waals surface area contributed by atoms with Crippen molar-refractivity contribution in [1.29, 1.82) is 0 Å². The summed E-state index contributed by atoms with van der Waals surface area (Å²) in [7, 11) is 0. The number of thiophene rings is 1. The summed E-state index contributed by atoms with van der Waals surface area (Å²) in [5, 5.41) is 28.0. The van der Waals surface area contributed by atoms with Gasteiger partial charge in [-0.2, -0.15) is 4.98 Å². The Morgan fingerprint density at radius 3 is 2.91 bits per heavy atom. The summed E-state index contributed by atoms with van der Waals surface area (Å²) in [5.41, 5.74) is -0.134. The molecule has 0 amide bonds. The van der Waals surface area contributed by atoms with Gasteiger partial charge in [0.15, 0.2) is 0 Å². The van der Waals surface area contributed by atoms with Gasteiger partial charge in [0, 0.05) is 6.07 Å². The van der Waals surface area contributed by atoms with E-state index < -0.39 is 16.4 Å². The van der Waals surface area contributed by atoms with Crippen LogP contribution in [-0.2, 0) is 0 Å². The van der Waals surface area contributed by atoms with Crippen molar-refractivity contribution in [2.75, 3.05) is 0 Å². The third kappa shape index (κ3) is 3.22. The summed E-state index contributed by atoms with van der Waals surface area (Å²) in [6.45, 7) is 0.